The summed E-state index contributed by atoms with van der Waals surface area (Å²) in [7, 11) is 0. The Morgan fingerprint density at radius 1 is 0.864 bits per heavy atom. The normalized spacial score (nSPS) is 10.7. The van der Waals surface area contributed by atoms with Crippen LogP contribution in [0.4, 0.5) is 10.7 Å². The van der Waals surface area contributed by atoms with E-state index in [0.29, 0.717) is 0 Å². The molecule has 0 radical (unpaired) electrons. The molecule has 0 spiro atoms. The minimum Gasteiger partial charge on any atom is -0.346 e. The Morgan fingerprint density at radius 3 is 2.27 bits per heavy atom. The van der Waals surface area contributed by atoms with Crippen LogP contribution in [0.2, 0.25) is 0 Å². The van der Waals surface area contributed by atoms with Crippen molar-refractivity contribution in [2.75, 3.05) is 5.32 Å². The highest BCUT2D eigenvalue weighted by Crippen LogP contribution is 2.38. The van der Waals surface area contributed by atoms with Crippen molar-refractivity contribution in [2.45, 2.75) is 0 Å². The van der Waals surface area contributed by atoms with Gasteiger partial charge in [-0.3, -0.25) is 0 Å². The van der Waals surface area contributed by atoms with E-state index in [0.717, 1.165) is 31.7 Å². The van der Waals surface area contributed by atoms with Crippen molar-refractivity contribution in [3.63, 3.8) is 0 Å². The number of nitriles is 1. The van der Waals surface area contributed by atoms with Gasteiger partial charge in [-0.2, -0.15) is 5.26 Å². The van der Waals surface area contributed by atoms with E-state index in [4.69, 9.17) is 0 Å². The van der Waals surface area contributed by atoms with Crippen LogP contribution in [0.5, 0.6) is 0 Å². The molecule has 22 heavy (non-hydrogen) atoms. The maximum atomic E-state index is 9.57. The van der Waals surface area contributed by atoms with Crippen molar-refractivity contribution in [1.29, 1.82) is 5.26 Å². The van der Waals surface area contributed by atoms with Crippen LogP contribution >= 0.6 is 11.3 Å². The van der Waals surface area contributed by atoms with Gasteiger partial charge < -0.3 is 5.32 Å². The summed E-state index contributed by atoms with van der Waals surface area (Å²) in [5.41, 5.74) is 1.71. The molecule has 4 rings (SSSR count). The molecule has 1 N–H and O–H groups in total. The number of benzene rings is 3. The zero-order valence-corrected chi connectivity index (χ0v) is 12.5. The van der Waals surface area contributed by atoms with E-state index in [2.05, 4.69) is 35.7 Å². The van der Waals surface area contributed by atoms with Crippen LogP contribution < -0.4 is 5.32 Å². The smallest absolute Gasteiger partial charge is 0.112 e. The Kier molecular flexibility index (Phi) is 3.03. The zero-order chi connectivity index (χ0) is 14.9. The van der Waals surface area contributed by atoms with Crippen molar-refractivity contribution in [3.8, 4) is 6.07 Å². The largest absolute Gasteiger partial charge is 0.346 e. The second kappa shape index (κ2) is 5.18. The molecule has 0 fully saturated rings. The van der Waals surface area contributed by atoms with Gasteiger partial charge in [0.25, 0.3) is 0 Å². The average molecular weight is 300 g/mol. The van der Waals surface area contributed by atoms with Crippen molar-refractivity contribution < 1.29 is 0 Å². The minimum atomic E-state index is 0.717. The SMILES string of the molecule is N#Cc1c(Nc2ccccc2)sc2cc3ccccc3cc12. The van der Waals surface area contributed by atoms with E-state index in [1.165, 1.54) is 5.39 Å². The molecule has 0 unspecified atom stereocenters. The summed E-state index contributed by atoms with van der Waals surface area (Å²) in [4.78, 5) is 0. The molecule has 1 heterocycles. The molecule has 0 aliphatic carbocycles. The van der Waals surface area contributed by atoms with E-state index in [-0.39, 0.29) is 0 Å². The molecule has 0 aliphatic heterocycles. The first kappa shape index (κ1) is 12.9. The average Bonchev–Trinajstić information content (AvgIpc) is 2.89. The lowest BCUT2D eigenvalue weighted by Gasteiger charge is -2.03. The first-order valence-corrected chi connectivity index (χ1v) is 7.84. The molecule has 0 atom stereocenters. The van der Waals surface area contributed by atoms with Gasteiger partial charge in [0.1, 0.15) is 11.1 Å². The maximum absolute atomic E-state index is 9.57. The summed E-state index contributed by atoms with van der Waals surface area (Å²) in [5.74, 6) is 0. The molecule has 104 valence electrons. The maximum Gasteiger partial charge on any atom is 0.112 e. The van der Waals surface area contributed by atoms with Gasteiger partial charge >= 0.3 is 0 Å². The quantitative estimate of drug-likeness (QED) is 0.517. The van der Waals surface area contributed by atoms with E-state index in [1.807, 2.05) is 42.5 Å². The summed E-state index contributed by atoms with van der Waals surface area (Å²) >= 11 is 1.62. The summed E-state index contributed by atoms with van der Waals surface area (Å²) in [6.07, 6.45) is 0. The minimum absolute atomic E-state index is 0.717. The molecular formula is C19H12N2S. The second-order valence-corrected chi connectivity index (χ2v) is 6.16. The van der Waals surface area contributed by atoms with Gasteiger partial charge in [-0.05, 0) is 35.0 Å². The number of nitrogens with one attached hydrogen (secondary N) is 1. The molecule has 0 aliphatic rings. The third-order valence-corrected chi connectivity index (χ3v) is 4.77. The lowest BCUT2D eigenvalue weighted by atomic mass is 10.1. The fourth-order valence-electron chi connectivity index (χ4n) is 2.63. The van der Waals surface area contributed by atoms with Gasteiger partial charge in [0.2, 0.25) is 0 Å². The van der Waals surface area contributed by atoms with E-state index in [9.17, 15) is 5.26 Å². The van der Waals surface area contributed by atoms with Gasteiger partial charge in [-0.1, -0.05) is 42.5 Å². The van der Waals surface area contributed by atoms with Crippen molar-refractivity contribution >= 4 is 42.9 Å². The lowest BCUT2D eigenvalue weighted by molar-refractivity contribution is 1.51. The fourth-order valence-corrected chi connectivity index (χ4v) is 3.74. The van der Waals surface area contributed by atoms with Gasteiger partial charge in [0, 0.05) is 15.8 Å². The summed E-state index contributed by atoms with van der Waals surface area (Å²) in [6.45, 7) is 0. The Hall–Kier alpha value is -2.83. The third-order valence-electron chi connectivity index (χ3n) is 3.70. The van der Waals surface area contributed by atoms with Crippen molar-refractivity contribution in [2.24, 2.45) is 0 Å². The standard InChI is InChI=1S/C19H12N2S/c20-12-17-16-10-13-6-4-5-7-14(13)11-18(16)22-19(17)21-15-8-2-1-3-9-15/h1-11,21H. The Labute approximate surface area is 132 Å². The van der Waals surface area contributed by atoms with E-state index >= 15 is 0 Å². The number of nitrogens with zero attached hydrogens (tertiary/aromatic N) is 1. The van der Waals surface area contributed by atoms with Gasteiger partial charge in [-0.25, -0.2) is 0 Å². The highest BCUT2D eigenvalue weighted by Gasteiger charge is 2.13. The van der Waals surface area contributed by atoms with Crippen molar-refractivity contribution in [1.82, 2.24) is 0 Å². The molecule has 3 heteroatoms. The van der Waals surface area contributed by atoms with E-state index < -0.39 is 0 Å². The molecular weight excluding hydrogens is 288 g/mol. The Morgan fingerprint density at radius 2 is 1.55 bits per heavy atom. The highest BCUT2D eigenvalue weighted by atomic mass is 32.1. The first-order chi connectivity index (χ1) is 10.8. The number of hydrogen-bond donors (Lipinski definition) is 1. The van der Waals surface area contributed by atoms with Gasteiger partial charge in [0.15, 0.2) is 0 Å². The van der Waals surface area contributed by atoms with Crippen LogP contribution in [0.15, 0.2) is 66.7 Å². The van der Waals surface area contributed by atoms with E-state index in [1.54, 1.807) is 11.3 Å². The molecule has 0 amide bonds. The predicted molar refractivity (Wildman–Crippen MR) is 93.8 cm³/mol. The molecule has 0 bridgehead atoms. The lowest BCUT2D eigenvalue weighted by Crippen LogP contribution is -1.88. The molecule has 0 saturated heterocycles. The number of thiophene rings is 1. The van der Waals surface area contributed by atoms with Crippen molar-refractivity contribution in [3.05, 3.63) is 72.3 Å². The third kappa shape index (κ3) is 2.11. The number of para-hydroxylation sites is 1. The van der Waals surface area contributed by atoms with Crippen LogP contribution in [0, 0.1) is 11.3 Å². The first-order valence-electron chi connectivity index (χ1n) is 7.02. The summed E-state index contributed by atoms with van der Waals surface area (Å²) in [6, 6.07) is 24.8. The number of fused-ring (bicyclic) bond motifs is 2. The Balaban J connectivity index is 1.92. The second-order valence-electron chi connectivity index (χ2n) is 5.10. The summed E-state index contributed by atoms with van der Waals surface area (Å²) < 4.78 is 1.13. The van der Waals surface area contributed by atoms with Crippen LogP contribution in [0.1, 0.15) is 5.56 Å². The monoisotopic (exact) mass is 300 g/mol. The fraction of sp³-hybridized carbons (Fsp3) is 0. The van der Waals surface area contributed by atoms with Gasteiger partial charge in [0.05, 0.1) is 5.56 Å². The topological polar surface area (TPSA) is 35.8 Å². The zero-order valence-electron chi connectivity index (χ0n) is 11.7. The summed E-state index contributed by atoms with van der Waals surface area (Å²) in [5, 5.41) is 17.2. The predicted octanol–water partition coefficient (Wildman–Crippen LogP) is 5.67. The number of anilines is 2. The highest BCUT2D eigenvalue weighted by molar-refractivity contribution is 7.23. The van der Waals surface area contributed by atoms with Crippen LogP contribution in [-0.4, -0.2) is 0 Å². The number of rotatable bonds is 2. The van der Waals surface area contributed by atoms with Crippen LogP contribution in [0.25, 0.3) is 20.9 Å². The Bertz CT molecular complexity index is 1010. The van der Waals surface area contributed by atoms with Gasteiger partial charge in [-0.15, -0.1) is 11.3 Å². The molecule has 3 aromatic carbocycles. The molecule has 0 saturated carbocycles. The molecule has 2 nitrogen and oxygen atoms in total. The molecule has 1 aromatic heterocycles. The molecule has 4 aromatic rings. The van der Waals surface area contributed by atoms with Crippen LogP contribution in [-0.2, 0) is 0 Å². The number of hydrogen-bond acceptors (Lipinski definition) is 3. The van der Waals surface area contributed by atoms with Crippen LogP contribution in [0.3, 0.4) is 0 Å².